The average Bonchev–Trinajstić information content (AvgIpc) is 3.84. The van der Waals surface area contributed by atoms with Gasteiger partial charge in [-0.25, -0.2) is 9.97 Å². The van der Waals surface area contributed by atoms with Gasteiger partial charge in [0.1, 0.15) is 12.1 Å². The molecule has 3 aromatic heterocycles. The van der Waals surface area contributed by atoms with Gasteiger partial charge in [-0.05, 0) is 65.7 Å². The molecular formula is C54H32N6. The first-order chi connectivity index (χ1) is 29.7. The summed E-state index contributed by atoms with van der Waals surface area (Å²) in [5.74, 6) is 0.650. The van der Waals surface area contributed by atoms with E-state index in [2.05, 4.69) is 112 Å². The van der Waals surface area contributed by atoms with Gasteiger partial charge in [-0.1, -0.05) is 140 Å². The van der Waals surface area contributed by atoms with E-state index in [1.165, 1.54) is 10.8 Å². The molecule has 0 fully saturated rings. The second-order valence-corrected chi connectivity index (χ2v) is 14.8. The molecule has 0 N–H and O–H groups in total. The first-order valence-electron chi connectivity index (χ1n) is 19.8. The Kier molecular flexibility index (Phi) is 8.15. The zero-order valence-electron chi connectivity index (χ0n) is 32.2. The summed E-state index contributed by atoms with van der Waals surface area (Å²) in [6.45, 7) is 0. The Morgan fingerprint density at radius 2 is 0.800 bits per heavy atom. The number of benzene rings is 8. The highest BCUT2D eigenvalue weighted by Crippen LogP contribution is 2.39. The van der Waals surface area contributed by atoms with E-state index in [0.717, 1.165) is 77.7 Å². The molecule has 8 aromatic carbocycles. The summed E-state index contributed by atoms with van der Waals surface area (Å²) in [6.07, 6.45) is 0. The van der Waals surface area contributed by atoms with E-state index in [9.17, 15) is 10.5 Å². The molecule has 6 heteroatoms. The molecule has 278 valence electrons. The van der Waals surface area contributed by atoms with E-state index in [1.54, 1.807) is 0 Å². The van der Waals surface area contributed by atoms with Crippen LogP contribution in [0, 0.1) is 22.7 Å². The fourth-order valence-electron chi connectivity index (χ4n) is 8.66. The van der Waals surface area contributed by atoms with E-state index < -0.39 is 0 Å². The predicted molar refractivity (Wildman–Crippen MR) is 242 cm³/mol. The summed E-state index contributed by atoms with van der Waals surface area (Å²) in [6, 6.07) is 70.6. The maximum atomic E-state index is 10.8. The number of hydrogen-bond donors (Lipinski definition) is 0. The van der Waals surface area contributed by atoms with Gasteiger partial charge >= 0.3 is 0 Å². The van der Waals surface area contributed by atoms with Crippen LogP contribution in [0.1, 0.15) is 11.1 Å². The average molecular weight is 765 g/mol. The largest absolute Gasteiger partial charge is 0.309 e. The number of nitrogens with zero attached hydrogens (tertiary/aromatic N) is 6. The van der Waals surface area contributed by atoms with Gasteiger partial charge in [0.15, 0.2) is 5.82 Å². The third-order valence-electron chi connectivity index (χ3n) is 11.4. The smallest absolute Gasteiger partial charge is 0.160 e. The fraction of sp³-hybridized carbons (Fsp3) is 0. The second-order valence-electron chi connectivity index (χ2n) is 14.8. The second kappa shape index (κ2) is 14.1. The lowest BCUT2D eigenvalue weighted by molar-refractivity contribution is 1.15. The van der Waals surface area contributed by atoms with E-state index in [-0.39, 0.29) is 0 Å². The van der Waals surface area contributed by atoms with Crippen molar-refractivity contribution in [2.45, 2.75) is 0 Å². The summed E-state index contributed by atoms with van der Waals surface area (Å²) >= 11 is 0. The van der Waals surface area contributed by atoms with Crippen molar-refractivity contribution in [3.05, 3.63) is 205 Å². The summed E-state index contributed by atoms with van der Waals surface area (Å²) in [4.78, 5) is 9.92. The van der Waals surface area contributed by atoms with Gasteiger partial charge in [-0.15, -0.1) is 0 Å². The lowest BCUT2D eigenvalue weighted by Crippen LogP contribution is -2.02. The SMILES string of the molecule is N#Cc1cc(-c2ccc(-c3cc(-c4ccccc4)nc(-c4ccccc4)n3)cc2)cc(C#N)c1-n1c2ccccc2c2cc(-n3c4ccccc4c4ccccc43)ccc21. The Balaban J connectivity index is 1.02. The van der Waals surface area contributed by atoms with E-state index in [1.807, 2.05) is 103 Å². The normalized spacial score (nSPS) is 11.3. The molecule has 3 heterocycles. The number of aromatic nitrogens is 4. The Morgan fingerprint density at radius 1 is 0.350 bits per heavy atom. The van der Waals surface area contributed by atoms with Crippen LogP contribution in [0.3, 0.4) is 0 Å². The van der Waals surface area contributed by atoms with Gasteiger partial charge in [0.05, 0.1) is 50.3 Å². The molecule has 0 spiro atoms. The van der Waals surface area contributed by atoms with E-state index >= 15 is 0 Å². The molecule has 0 bridgehead atoms. The van der Waals surface area contributed by atoms with Gasteiger partial charge in [0, 0.05) is 43.9 Å². The van der Waals surface area contributed by atoms with Crippen LogP contribution in [0.2, 0.25) is 0 Å². The molecule has 0 aliphatic heterocycles. The Labute approximate surface area is 345 Å². The van der Waals surface area contributed by atoms with E-state index in [4.69, 9.17) is 9.97 Å². The Hall–Kier alpha value is -8.58. The van der Waals surface area contributed by atoms with Crippen molar-refractivity contribution in [3.63, 3.8) is 0 Å². The fourth-order valence-corrected chi connectivity index (χ4v) is 8.66. The molecule has 0 saturated heterocycles. The van der Waals surface area contributed by atoms with Gasteiger partial charge in [-0.2, -0.15) is 10.5 Å². The summed E-state index contributed by atoms with van der Waals surface area (Å²) in [5, 5.41) is 26.0. The van der Waals surface area contributed by atoms with Crippen molar-refractivity contribution in [1.82, 2.24) is 19.1 Å². The van der Waals surface area contributed by atoms with E-state index in [0.29, 0.717) is 22.6 Å². The quantitative estimate of drug-likeness (QED) is 0.169. The maximum Gasteiger partial charge on any atom is 0.160 e. The van der Waals surface area contributed by atoms with Crippen LogP contribution in [-0.4, -0.2) is 19.1 Å². The van der Waals surface area contributed by atoms with Crippen LogP contribution in [0.15, 0.2) is 194 Å². The summed E-state index contributed by atoms with van der Waals surface area (Å²) < 4.78 is 4.39. The van der Waals surface area contributed by atoms with Gasteiger partial charge < -0.3 is 9.13 Å². The minimum Gasteiger partial charge on any atom is -0.309 e. The number of rotatable bonds is 6. The lowest BCUT2D eigenvalue weighted by Gasteiger charge is -2.15. The topological polar surface area (TPSA) is 83.2 Å². The minimum atomic E-state index is 0.415. The highest BCUT2D eigenvalue weighted by molar-refractivity contribution is 6.12. The number of fused-ring (bicyclic) bond motifs is 6. The van der Waals surface area contributed by atoms with Crippen molar-refractivity contribution < 1.29 is 0 Å². The van der Waals surface area contributed by atoms with Crippen LogP contribution in [0.25, 0.3) is 100 Å². The van der Waals surface area contributed by atoms with Crippen molar-refractivity contribution >= 4 is 43.6 Å². The minimum absolute atomic E-state index is 0.415. The standard InChI is InChI=1S/C54H32N6/c55-33-40-29-39(35-23-25-37(26-24-35)48-32-47(36-13-3-1-4-14-36)57-54(58-48)38-15-5-2-6-16-38)30-41(34-56)53(40)60-51-22-12-9-19-45(51)46-31-42(27-28-52(46)60)59-49-20-10-7-17-43(49)44-18-8-11-21-50(44)59/h1-32H. The van der Waals surface area contributed by atoms with Crippen molar-refractivity contribution in [1.29, 1.82) is 10.5 Å². The molecule has 0 unspecified atom stereocenters. The first kappa shape index (κ1) is 34.7. The third-order valence-corrected chi connectivity index (χ3v) is 11.4. The van der Waals surface area contributed by atoms with Gasteiger partial charge in [0.25, 0.3) is 0 Å². The number of nitriles is 2. The van der Waals surface area contributed by atoms with Crippen LogP contribution in [0.4, 0.5) is 0 Å². The molecule has 11 rings (SSSR count). The number of para-hydroxylation sites is 3. The Morgan fingerprint density at radius 3 is 1.37 bits per heavy atom. The molecule has 11 aromatic rings. The lowest BCUT2D eigenvalue weighted by atomic mass is 9.96. The van der Waals surface area contributed by atoms with Gasteiger partial charge in [-0.3, -0.25) is 0 Å². The maximum absolute atomic E-state index is 10.8. The summed E-state index contributed by atoms with van der Waals surface area (Å²) in [7, 11) is 0. The molecule has 0 atom stereocenters. The van der Waals surface area contributed by atoms with Crippen molar-refractivity contribution in [3.8, 4) is 68.5 Å². The number of hydrogen-bond acceptors (Lipinski definition) is 4. The van der Waals surface area contributed by atoms with Crippen molar-refractivity contribution in [2.24, 2.45) is 0 Å². The predicted octanol–water partition coefficient (Wildman–Crippen LogP) is 13.1. The van der Waals surface area contributed by atoms with Crippen molar-refractivity contribution in [2.75, 3.05) is 0 Å². The first-order valence-corrected chi connectivity index (χ1v) is 19.8. The molecule has 0 amide bonds. The molecule has 60 heavy (non-hydrogen) atoms. The van der Waals surface area contributed by atoms with Crippen LogP contribution in [-0.2, 0) is 0 Å². The molecule has 0 radical (unpaired) electrons. The van der Waals surface area contributed by atoms with Crippen LogP contribution < -0.4 is 0 Å². The van der Waals surface area contributed by atoms with Gasteiger partial charge in [0.2, 0.25) is 0 Å². The summed E-state index contributed by atoms with van der Waals surface area (Å²) in [5.41, 5.74) is 12.7. The molecule has 0 saturated carbocycles. The Bertz CT molecular complexity index is 3400. The molecule has 0 aliphatic rings. The zero-order valence-corrected chi connectivity index (χ0v) is 32.2. The monoisotopic (exact) mass is 764 g/mol. The van der Waals surface area contributed by atoms with Crippen LogP contribution >= 0.6 is 0 Å². The zero-order chi connectivity index (χ0) is 40.2. The molecular weight excluding hydrogens is 733 g/mol. The third kappa shape index (κ3) is 5.63. The van der Waals surface area contributed by atoms with Crippen LogP contribution in [0.5, 0.6) is 0 Å². The highest BCUT2D eigenvalue weighted by atomic mass is 15.0. The molecule has 0 aliphatic carbocycles. The molecule has 6 nitrogen and oxygen atoms in total. The highest BCUT2D eigenvalue weighted by Gasteiger charge is 2.21.